The molecule has 208 valence electrons. The number of aryl methyl sites for hydroxylation is 2. The summed E-state index contributed by atoms with van der Waals surface area (Å²) in [5.74, 6) is 0. The van der Waals surface area contributed by atoms with Gasteiger partial charge in [-0.1, -0.05) is 85.2 Å². The molecule has 0 spiro atoms. The Kier molecular flexibility index (Phi) is 13.2. The fourth-order valence-corrected chi connectivity index (χ4v) is 5.14. The SMILES string of the molecule is CC1=CCCC(C)=CCC(C)(C)C=CC1.CN(C)CCCN1c2ccccc2CCc2ccc(Cl)cc21.Cl. The van der Waals surface area contributed by atoms with Crippen LogP contribution < -0.4 is 4.90 Å². The summed E-state index contributed by atoms with van der Waals surface area (Å²) in [5, 5.41) is 0.816. The predicted octanol–water partition coefficient (Wildman–Crippen LogP) is 9.99. The van der Waals surface area contributed by atoms with E-state index in [0.29, 0.717) is 5.41 Å². The van der Waals surface area contributed by atoms with E-state index >= 15 is 0 Å². The van der Waals surface area contributed by atoms with Crippen molar-refractivity contribution in [1.29, 1.82) is 0 Å². The second-order valence-corrected chi connectivity index (χ2v) is 12.1. The van der Waals surface area contributed by atoms with Crippen molar-refractivity contribution in [3.8, 4) is 0 Å². The Morgan fingerprint density at radius 2 is 1.61 bits per heavy atom. The van der Waals surface area contributed by atoms with E-state index in [4.69, 9.17) is 11.6 Å². The van der Waals surface area contributed by atoms with Crippen LogP contribution in [-0.2, 0) is 12.8 Å². The number of hydrogen-bond acceptors (Lipinski definition) is 2. The van der Waals surface area contributed by atoms with Crippen LogP contribution in [-0.4, -0.2) is 32.1 Å². The number of hydrogen-bond donors (Lipinski definition) is 0. The zero-order chi connectivity index (χ0) is 26.8. The molecule has 1 aliphatic carbocycles. The van der Waals surface area contributed by atoms with Crippen molar-refractivity contribution in [3.63, 3.8) is 0 Å². The van der Waals surface area contributed by atoms with Crippen molar-refractivity contribution in [2.45, 2.75) is 72.6 Å². The lowest BCUT2D eigenvalue weighted by Gasteiger charge is -2.27. The van der Waals surface area contributed by atoms with Crippen LogP contribution in [0.4, 0.5) is 11.4 Å². The van der Waals surface area contributed by atoms with E-state index in [0.717, 1.165) is 50.2 Å². The molecule has 4 heteroatoms. The van der Waals surface area contributed by atoms with E-state index in [1.165, 1.54) is 46.5 Å². The van der Waals surface area contributed by atoms with Crippen molar-refractivity contribution in [3.05, 3.63) is 94.1 Å². The molecule has 0 aromatic heterocycles. The number of para-hydroxylation sites is 1. The summed E-state index contributed by atoms with van der Waals surface area (Å²) < 4.78 is 0. The third kappa shape index (κ3) is 10.3. The topological polar surface area (TPSA) is 6.48 Å². The third-order valence-electron chi connectivity index (χ3n) is 7.29. The third-order valence-corrected chi connectivity index (χ3v) is 7.52. The molecule has 1 aliphatic heterocycles. The molecule has 0 radical (unpaired) electrons. The van der Waals surface area contributed by atoms with Crippen molar-refractivity contribution in [2.75, 3.05) is 32.1 Å². The minimum absolute atomic E-state index is 0. The van der Waals surface area contributed by atoms with Gasteiger partial charge in [-0.3, -0.25) is 0 Å². The first-order chi connectivity index (χ1) is 17.6. The number of benzene rings is 2. The Labute approximate surface area is 243 Å². The van der Waals surface area contributed by atoms with Gasteiger partial charge in [-0.25, -0.2) is 0 Å². The van der Waals surface area contributed by atoms with Gasteiger partial charge in [0.25, 0.3) is 0 Å². The summed E-state index contributed by atoms with van der Waals surface area (Å²) in [4.78, 5) is 4.69. The zero-order valence-corrected chi connectivity index (χ0v) is 26.0. The molecule has 2 aromatic carbocycles. The van der Waals surface area contributed by atoms with E-state index in [9.17, 15) is 0 Å². The molecule has 0 unspecified atom stereocenters. The highest BCUT2D eigenvalue weighted by Crippen LogP contribution is 2.37. The molecule has 0 saturated carbocycles. The fraction of sp³-hybridized carbons (Fsp3) is 0.471. The largest absolute Gasteiger partial charge is 0.341 e. The Morgan fingerprint density at radius 3 is 2.34 bits per heavy atom. The second kappa shape index (κ2) is 15.6. The molecule has 2 nitrogen and oxygen atoms in total. The van der Waals surface area contributed by atoms with Crippen LogP contribution in [0.3, 0.4) is 0 Å². The molecule has 0 saturated heterocycles. The summed E-state index contributed by atoms with van der Waals surface area (Å²) >= 11 is 6.27. The van der Waals surface area contributed by atoms with Crippen molar-refractivity contribution in [2.24, 2.45) is 5.41 Å². The molecule has 0 N–H and O–H groups in total. The summed E-state index contributed by atoms with van der Waals surface area (Å²) in [5.41, 5.74) is 8.77. The lowest BCUT2D eigenvalue weighted by molar-refractivity contribution is 0.402. The molecule has 0 fully saturated rings. The quantitative estimate of drug-likeness (QED) is 0.346. The van der Waals surface area contributed by atoms with Gasteiger partial charge in [0.2, 0.25) is 0 Å². The Hall–Kier alpha value is -2.00. The minimum atomic E-state index is 0. The Morgan fingerprint density at radius 1 is 0.895 bits per heavy atom. The van der Waals surface area contributed by atoms with Gasteiger partial charge in [-0.15, -0.1) is 12.4 Å². The van der Waals surface area contributed by atoms with E-state index in [-0.39, 0.29) is 12.4 Å². The maximum atomic E-state index is 6.27. The van der Waals surface area contributed by atoms with Crippen LogP contribution in [0, 0.1) is 5.41 Å². The Balaban J connectivity index is 0.000000280. The van der Waals surface area contributed by atoms with Gasteiger partial charge in [0.1, 0.15) is 0 Å². The van der Waals surface area contributed by atoms with Gasteiger partial charge in [0, 0.05) is 22.9 Å². The molecule has 0 amide bonds. The maximum Gasteiger partial charge on any atom is 0.0458 e. The maximum absolute atomic E-state index is 6.27. The van der Waals surface area contributed by atoms with Crippen molar-refractivity contribution >= 4 is 35.4 Å². The van der Waals surface area contributed by atoms with Crippen LogP contribution in [0.2, 0.25) is 5.02 Å². The fourth-order valence-electron chi connectivity index (χ4n) is 4.97. The van der Waals surface area contributed by atoms with Gasteiger partial charge in [-0.05, 0) is 114 Å². The normalized spacial score (nSPS) is 16.9. The number of fused-ring (bicyclic) bond motifs is 2. The highest BCUT2D eigenvalue weighted by Gasteiger charge is 2.20. The lowest BCUT2D eigenvalue weighted by atomic mass is 9.87. The average molecular weight is 556 g/mol. The van der Waals surface area contributed by atoms with E-state index in [1.807, 2.05) is 6.07 Å². The first-order valence-electron chi connectivity index (χ1n) is 13.9. The Bertz CT molecular complexity index is 1110. The number of allylic oxidation sites excluding steroid dienone is 6. The van der Waals surface area contributed by atoms with Gasteiger partial charge in [-0.2, -0.15) is 0 Å². The molecule has 2 aliphatic rings. The van der Waals surface area contributed by atoms with Gasteiger partial charge in [0.15, 0.2) is 0 Å². The monoisotopic (exact) mass is 554 g/mol. The summed E-state index contributed by atoms with van der Waals surface area (Å²) in [6, 6.07) is 15.1. The van der Waals surface area contributed by atoms with E-state index in [1.54, 1.807) is 0 Å². The van der Waals surface area contributed by atoms with Crippen LogP contribution in [0.5, 0.6) is 0 Å². The number of nitrogens with zero attached hydrogens (tertiary/aromatic N) is 2. The molecule has 38 heavy (non-hydrogen) atoms. The summed E-state index contributed by atoms with van der Waals surface area (Å²) in [6.45, 7) is 11.2. The first-order valence-corrected chi connectivity index (χ1v) is 14.3. The number of rotatable bonds is 4. The van der Waals surface area contributed by atoms with Crippen LogP contribution in [0.25, 0.3) is 0 Å². The van der Waals surface area contributed by atoms with Crippen LogP contribution in [0.15, 0.2) is 77.9 Å². The molecular weight excluding hydrogens is 507 g/mol. The second-order valence-electron chi connectivity index (χ2n) is 11.6. The molecule has 4 rings (SSSR count). The molecular formula is C34H48Cl2N2. The zero-order valence-electron chi connectivity index (χ0n) is 24.4. The van der Waals surface area contributed by atoms with Gasteiger partial charge in [0.05, 0.1) is 0 Å². The minimum Gasteiger partial charge on any atom is -0.341 e. The van der Waals surface area contributed by atoms with Gasteiger partial charge >= 0.3 is 0 Å². The molecule has 1 heterocycles. The highest BCUT2D eigenvalue weighted by molar-refractivity contribution is 6.30. The smallest absolute Gasteiger partial charge is 0.0458 e. The van der Waals surface area contributed by atoms with Crippen molar-refractivity contribution in [1.82, 2.24) is 4.90 Å². The summed E-state index contributed by atoms with van der Waals surface area (Å²) in [6.07, 6.45) is 17.4. The first kappa shape index (κ1) is 32.2. The molecule has 2 aromatic rings. The summed E-state index contributed by atoms with van der Waals surface area (Å²) in [7, 11) is 4.25. The average Bonchev–Trinajstić information content (AvgIpc) is 3.01. The van der Waals surface area contributed by atoms with E-state index in [2.05, 4.69) is 112 Å². The van der Waals surface area contributed by atoms with Crippen LogP contribution in [0.1, 0.15) is 70.9 Å². The van der Waals surface area contributed by atoms with E-state index < -0.39 is 0 Å². The molecule has 0 bridgehead atoms. The highest BCUT2D eigenvalue weighted by atomic mass is 35.5. The standard InChI is InChI=1S/C19H23ClN2.C15H24.ClH/c1-21(2)12-5-13-22-18-7-4-3-6-15(18)8-9-16-10-11-17(20)14-19(16)22;1-13-7-5-8-14(2)10-12-15(3,4)11-6-9-13;/h3-4,6-7,10-11,14H,5,8-9,12-13H2,1-2H3;6-7,10-11H,5,8-9,12H2,1-4H3;1H. The van der Waals surface area contributed by atoms with Crippen LogP contribution >= 0.6 is 24.0 Å². The predicted molar refractivity (Wildman–Crippen MR) is 172 cm³/mol. The molecule has 0 atom stereocenters. The lowest BCUT2D eigenvalue weighted by Crippen LogP contribution is -2.24. The van der Waals surface area contributed by atoms with Gasteiger partial charge < -0.3 is 9.80 Å². The number of anilines is 2. The number of halogens is 2. The van der Waals surface area contributed by atoms with Crippen molar-refractivity contribution < 1.29 is 0 Å².